The largest absolute Gasteiger partial charge is 0.398 e. The molecule has 0 saturated carbocycles. The van der Waals surface area contributed by atoms with E-state index < -0.39 is 0 Å². The van der Waals surface area contributed by atoms with Gasteiger partial charge in [0.15, 0.2) is 0 Å². The van der Waals surface area contributed by atoms with E-state index in [0.29, 0.717) is 10.7 Å². The van der Waals surface area contributed by atoms with E-state index in [1.807, 2.05) is 29.1 Å². The van der Waals surface area contributed by atoms with Crippen molar-refractivity contribution in [2.24, 2.45) is 0 Å². The number of nitrogen functional groups attached to an aromatic ring is 1. The van der Waals surface area contributed by atoms with Crippen LogP contribution in [0.3, 0.4) is 0 Å². The summed E-state index contributed by atoms with van der Waals surface area (Å²) in [5, 5.41) is 4.89. The summed E-state index contributed by atoms with van der Waals surface area (Å²) in [5.74, 6) is 0. The summed E-state index contributed by atoms with van der Waals surface area (Å²) < 4.78 is 1.96. The number of nitrogens with zero attached hydrogens (tertiary/aromatic N) is 2. The zero-order valence-corrected chi connectivity index (χ0v) is 10.1. The SMILES string of the molecule is CCn1ncc(-c2ccc(Cl)c(N)c2)c1C. The summed E-state index contributed by atoms with van der Waals surface area (Å²) in [6.45, 7) is 4.99. The number of aromatic nitrogens is 2. The van der Waals surface area contributed by atoms with Crippen molar-refractivity contribution in [3.63, 3.8) is 0 Å². The zero-order chi connectivity index (χ0) is 11.7. The highest BCUT2D eigenvalue weighted by molar-refractivity contribution is 6.33. The minimum Gasteiger partial charge on any atom is -0.398 e. The summed E-state index contributed by atoms with van der Waals surface area (Å²) in [6.07, 6.45) is 1.86. The molecule has 0 atom stereocenters. The number of rotatable bonds is 2. The number of nitrogens with two attached hydrogens (primary N) is 1. The monoisotopic (exact) mass is 235 g/mol. The van der Waals surface area contributed by atoms with Crippen LogP contribution in [0.25, 0.3) is 11.1 Å². The minimum absolute atomic E-state index is 0.587. The van der Waals surface area contributed by atoms with E-state index in [-0.39, 0.29) is 0 Å². The summed E-state index contributed by atoms with van der Waals surface area (Å²) in [7, 11) is 0. The van der Waals surface area contributed by atoms with Gasteiger partial charge in [0.05, 0.1) is 16.9 Å². The van der Waals surface area contributed by atoms with Crippen LogP contribution in [-0.4, -0.2) is 9.78 Å². The molecule has 0 aliphatic heterocycles. The number of benzene rings is 1. The van der Waals surface area contributed by atoms with Crippen LogP contribution in [0, 0.1) is 6.92 Å². The highest BCUT2D eigenvalue weighted by atomic mass is 35.5. The summed E-state index contributed by atoms with van der Waals surface area (Å²) >= 11 is 5.89. The lowest BCUT2D eigenvalue weighted by Crippen LogP contribution is -1.98. The molecule has 0 amide bonds. The third kappa shape index (κ3) is 1.78. The fourth-order valence-electron chi connectivity index (χ4n) is 1.76. The van der Waals surface area contributed by atoms with Crippen LogP contribution in [0.4, 0.5) is 5.69 Å². The van der Waals surface area contributed by atoms with Gasteiger partial charge in [0.2, 0.25) is 0 Å². The molecule has 0 fully saturated rings. The first kappa shape index (κ1) is 11.0. The van der Waals surface area contributed by atoms with Crippen molar-refractivity contribution in [1.29, 1.82) is 0 Å². The van der Waals surface area contributed by atoms with E-state index in [4.69, 9.17) is 17.3 Å². The van der Waals surface area contributed by atoms with Gasteiger partial charge in [0, 0.05) is 17.8 Å². The van der Waals surface area contributed by atoms with Gasteiger partial charge < -0.3 is 5.73 Å². The van der Waals surface area contributed by atoms with E-state index in [9.17, 15) is 0 Å². The number of hydrogen-bond acceptors (Lipinski definition) is 2. The summed E-state index contributed by atoms with van der Waals surface area (Å²) in [5.41, 5.74) is 9.69. The maximum atomic E-state index is 5.89. The van der Waals surface area contributed by atoms with E-state index in [1.165, 1.54) is 0 Å². The third-order valence-electron chi connectivity index (χ3n) is 2.71. The molecule has 1 aromatic carbocycles. The van der Waals surface area contributed by atoms with Crippen LogP contribution in [0.15, 0.2) is 24.4 Å². The van der Waals surface area contributed by atoms with Crippen LogP contribution in [0.5, 0.6) is 0 Å². The van der Waals surface area contributed by atoms with Crippen LogP contribution in [-0.2, 0) is 6.54 Å². The topological polar surface area (TPSA) is 43.8 Å². The van der Waals surface area contributed by atoms with Gasteiger partial charge in [0.1, 0.15) is 0 Å². The number of anilines is 1. The molecule has 4 heteroatoms. The van der Waals surface area contributed by atoms with Gasteiger partial charge in [-0.2, -0.15) is 5.10 Å². The summed E-state index contributed by atoms with van der Waals surface area (Å²) in [6, 6.07) is 5.66. The van der Waals surface area contributed by atoms with Gasteiger partial charge in [0.25, 0.3) is 0 Å². The molecule has 16 heavy (non-hydrogen) atoms. The predicted octanol–water partition coefficient (Wildman–Crippen LogP) is 3.11. The molecule has 2 rings (SSSR count). The molecule has 2 aromatic rings. The first-order valence-corrected chi connectivity index (χ1v) is 5.59. The molecule has 1 aromatic heterocycles. The molecule has 0 aliphatic carbocycles. The fourth-order valence-corrected chi connectivity index (χ4v) is 1.88. The maximum absolute atomic E-state index is 5.89. The van der Waals surface area contributed by atoms with Crippen LogP contribution >= 0.6 is 11.6 Å². The van der Waals surface area contributed by atoms with Crippen molar-refractivity contribution in [2.45, 2.75) is 20.4 Å². The Kier molecular flexibility index (Phi) is 2.88. The second kappa shape index (κ2) is 4.18. The van der Waals surface area contributed by atoms with Gasteiger partial charge >= 0.3 is 0 Å². The molecule has 3 nitrogen and oxygen atoms in total. The van der Waals surface area contributed by atoms with Crippen molar-refractivity contribution < 1.29 is 0 Å². The molecule has 0 saturated heterocycles. The Hall–Kier alpha value is -1.48. The first-order chi connectivity index (χ1) is 7.63. The Labute approximate surface area is 99.8 Å². The van der Waals surface area contributed by atoms with Crippen molar-refractivity contribution in [1.82, 2.24) is 9.78 Å². The molecule has 0 aliphatic rings. The molecule has 0 spiro atoms. The lowest BCUT2D eigenvalue weighted by Gasteiger charge is -2.04. The van der Waals surface area contributed by atoms with Gasteiger partial charge in [-0.3, -0.25) is 4.68 Å². The van der Waals surface area contributed by atoms with Crippen molar-refractivity contribution >= 4 is 17.3 Å². The van der Waals surface area contributed by atoms with Crippen molar-refractivity contribution in [2.75, 3.05) is 5.73 Å². The molecule has 1 heterocycles. The average Bonchev–Trinajstić information content (AvgIpc) is 2.64. The number of hydrogen-bond donors (Lipinski definition) is 1. The van der Waals surface area contributed by atoms with Crippen molar-refractivity contribution in [3.05, 3.63) is 35.1 Å². The average molecular weight is 236 g/mol. The molecule has 0 radical (unpaired) electrons. The molecular formula is C12H14ClN3. The van der Waals surface area contributed by atoms with E-state index in [0.717, 1.165) is 23.4 Å². The number of halogens is 1. The van der Waals surface area contributed by atoms with Gasteiger partial charge in [-0.25, -0.2) is 0 Å². The van der Waals surface area contributed by atoms with E-state index in [2.05, 4.69) is 18.9 Å². The Morgan fingerprint density at radius 2 is 2.19 bits per heavy atom. The fraction of sp³-hybridized carbons (Fsp3) is 0.250. The maximum Gasteiger partial charge on any atom is 0.0635 e. The molecule has 2 N–H and O–H groups in total. The van der Waals surface area contributed by atoms with Gasteiger partial charge in [-0.1, -0.05) is 17.7 Å². The highest BCUT2D eigenvalue weighted by Gasteiger charge is 2.08. The Morgan fingerprint density at radius 1 is 1.44 bits per heavy atom. The smallest absolute Gasteiger partial charge is 0.0635 e. The normalized spacial score (nSPS) is 10.7. The second-order valence-corrected chi connectivity index (χ2v) is 4.10. The zero-order valence-electron chi connectivity index (χ0n) is 9.37. The Balaban J connectivity index is 2.50. The predicted molar refractivity (Wildman–Crippen MR) is 67.5 cm³/mol. The molecule has 84 valence electrons. The van der Waals surface area contributed by atoms with Crippen LogP contribution < -0.4 is 5.73 Å². The number of aryl methyl sites for hydroxylation is 1. The van der Waals surface area contributed by atoms with Gasteiger partial charge in [-0.15, -0.1) is 0 Å². The lowest BCUT2D eigenvalue weighted by atomic mass is 10.1. The Morgan fingerprint density at radius 3 is 2.75 bits per heavy atom. The molecule has 0 unspecified atom stereocenters. The van der Waals surface area contributed by atoms with Crippen molar-refractivity contribution in [3.8, 4) is 11.1 Å². The summed E-state index contributed by atoms with van der Waals surface area (Å²) in [4.78, 5) is 0. The van der Waals surface area contributed by atoms with E-state index in [1.54, 1.807) is 0 Å². The lowest BCUT2D eigenvalue weighted by molar-refractivity contribution is 0.640. The first-order valence-electron chi connectivity index (χ1n) is 5.21. The highest BCUT2D eigenvalue weighted by Crippen LogP contribution is 2.28. The molecular weight excluding hydrogens is 222 g/mol. The van der Waals surface area contributed by atoms with Gasteiger partial charge in [-0.05, 0) is 31.5 Å². The minimum atomic E-state index is 0.587. The van der Waals surface area contributed by atoms with Crippen LogP contribution in [0.1, 0.15) is 12.6 Å². The standard InChI is InChI=1S/C12H14ClN3/c1-3-16-8(2)10(7-15-16)9-4-5-11(13)12(14)6-9/h4-7H,3,14H2,1-2H3. The molecule has 0 bridgehead atoms. The van der Waals surface area contributed by atoms with Crippen LogP contribution in [0.2, 0.25) is 5.02 Å². The third-order valence-corrected chi connectivity index (χ3v) is 3.05. The van der Waals surface area contributed by atoms with E-state index >= 15 is 0 Å². The second-order valence-electron chi connectivity index (χ2n) is 3.70. The Bertz CT molecular complexity index is 517. The quantitative estimate of drug-likeness (QED) is 0.813.